The lowest BCUT2D eigenvalue weighted by Gasteiger charge is -2.08. The fourth-order valence-corrected chi connectivity index (χ4v) is 4.89. The van der Waals surface area contributed by atoms with Gasteiger partial charge in [-0.15, -0.1) is 11.3 Å². The highest BCUT2D eigenvalue weighted by Crippen LogP contribution is 2.27. The summed E-state index contributed by atoms with van der Waals surface area (Å²) in [6.07, 6.45) is 0.445. The van der Waals surface area contributed by atoms with Crippen LogP contribution in [-0.2, 0) is 6.42 Å². The number of aromatic nitrogens is 4. The van der Waals surface area contributed by atoms with Crippen LogP contribution in [0.5, 0.6) is 0 Å². The molecule has 3 aromatic heterocycles. The third kappa shape index (κ3) is 4.20. The molecule has 0 fully saturated rings. The predicted octanol–water partition coefficient (Wildman–Crippen LogP) is 2.20. The normalized spacial score (nSPS) is 11.0. The zero-order chi connectivity index (χ0) is 24.5. The minimum Gasteiger partial charge on any atom is -0.310 e. The van der Waals surface area contributed by atoms with Crippen LogP contribution >= 0.6 is 11.3 Å². The molecule has 0 radical (unpaired) electrons. The predicted molar refractivity (Wildman–Crippen MR) is 132 cm³/mol. The number of nitrogens with one attached hydrogen (secondary N) is 4. The van der Waals surface area contributed by atoms with Crippen LogP contribution in [0.25, 0.3) is 21.0 Å². The quantitative estimate of drug-likeness (QED) is 0.286. The number of aryl methyl sites for hydroxylation is 1. The van der Waals surface area contributed by atoms with Gasteiger partial charge in [-0.25, -0.2) is 10.1 Å². The van der Waals surface area contributed by atoms with Crippen molar-refractivity contribution in [3.8, 4) is 0 Å². The van der Waals surface area contributed by atoms with Crippen molar-refractivity contribution in [1.29, 1.82) is 0 Å². The van der Waals surface area contributed by atoms with Gasteiger partial charge in [-0.05, 0) is 24.1 Å². The minimum atomic E-state index is -0.703. The Balaban J connectivity index is 1.38. The van der Waals surface area contributed by atoms with E-state index in [0.29, 0.717) is 38.8 Å². The van der Waals surface area contributed by atoms with Crippen LogP contribution in [0.1, 0.15) is 37.1 Å². The molecule has 5 aromatic rings. The highest BCUT2D eigenvalue weighted by atomic mass is 32.1. The van der Waals surface area contributed by atoms with Gasteiger partial charge in [0.2, 0.25) is 0 Å². The number of aromatic amines is 2. The molecule has 0 atom stereocenters. The van der Waals surface area contributed by atoms with Gasteiger partial charge in [-0.1, -0.05) is 48.5 Å². The lowest BCUT2D eigenvalue weighted by atomic mass is 10.1. The maximum Gasteiger partial charge on any atom is 0.290 e. The topological polar surface area (TPSA) is 150 Å². The third-order valence-electron chi connectivity index (χ3n) is 5.47. The highest BCUT2D eigenvalue weighted by Gasteiger charge is 2.21. The molecule has 0 bridgehead atoms. The Bertz CT molecular complexity index is 1720. The number of hydrogen-bond donors (Lipinski definition) is 4. The molecule has 4 N–H and O–H groups in total. The van der Waals surface area contributed by atoms with Crippen molar-refractivity contribution in [2.45, 2.75) is 13.3 Å². The molecule has 174 valence electrons. The zero-order valence-electron chi connectivity index (χ0n) is 18.3. The van der Waals surface area contributed by atoms with E-state index in [-0.39, 0.29) is 16.1 Å². The van der Waals surface area contributed by atoms with E-state index in [1.165, 1.54) is 0 Å². The zero-order valence-corrected chi connectivity index (χ0v) is 19.2. The molecule has 0 aliphatic carbocycles. The number of carbonyl (C=O) groups excluding carboxylic acids is 2. The Kier molecular flexibility index (Phi) is 5.67. The van der Waals surface area contributed by atoms with E-state index in [1.807, 2.05) is 30.3 Å². The summed E-state index contributed by atoms with van der Waals surface area (Å²) in [6.45, 7) is 1.65. The number of rotatable bonds is 4. The van der Waals surface area contributed by atoms with Crippen molar-refractivity contribution in [3.05, 3.63) is 103 Å². The van der Waals surface area contributed by atoms with Crippen LogP contribution in [0, 0.1) is 6.92 Å². The second-order valence-corrected chi connectivity index (χ2v) is 8.77. The fourth-order valence-electron chi connectivity index (χ4n) is 3.80. The van der Waals surface area contributed by atoms with Crippen LogP contribution in [0.3, 0.4) is 0 Å². The summed E-state index contributed by atoms with van der Waals surface area (Å²) in [5.41, 5.74) is 5.32. The average Bonchev–Trinajstić information content (AvgIpc) is 3.20. The summed E-state index contributed by atoms with van der Waals surface area (Å²) in [5.74, 6) is -0.812. The van der Waals surface area contributed by atoms with Gasteiger partial charge in [0.1, 0.15) is 10.7 Å². The lowest BCUT2D eigenvalue weighted by molar-refractivity contribution is 0.0846. The number of hydrazine groups is 1. The summed E-state index contributed by atoms with van der Waals surface area (Å²) in [6, 6.07) is 16.1. The molecule has 5 rings (SSSR count). The van der Waals surface area contributed by atoms with Crippen molar-refractivity contribution < 1.29 is 9.59 Å². The molecule has 0 aliphatic rings. The lowest BCUT2D eigenvalue weighted by Crippen LogP contribution is -2.42. The molecular weight excluding hydrogens is 468 g/mol. The van der Waals surface area contributed by atoms with E-state index in [4.69, 9.17) is 0 Å². The number of carbonyl (C=O) groups is 2. The van der Waals surface area contributed by atoms with E-state index in [0.717, 1.165) is 16.9 Å². The second-order valence-electron chi connectivity index (χ2n) is 7.77. The second kappa shape index (κ2) is 8.95. The molecule has 0 unspecified atom stereocenters. The first-order valence-electron chi connectivity index (χ1n) is 10.6. The Labute approximate surface area is 201 Å². The maximum absolute atomic E-state index is 12.8. The number of H-pyrrole nitrogens is 2. The highest BCUT2D eigenvalue weighted by molar-refractivity contribution is 7.20. The molecule has 0 aliphatic heterocycles. The van der Waals surface area contributed by atoms with Crippen LogP contribution in [0.4, 0.5) is 0 Å². The Morgan fingerprint density at radius 2 is 1.60 bits per heavy atom. The van der Waals surface area contributed by atoms with E-state index in [1.54, 1.807) is 31.2 Å². The number of hydrogen-bond acceptors (Lipinski definition) is 7. The van der Waals surface area contributed by atoms with Gasteiger partial charge in [-0.2, -0.15) is 5.10 Å². The van der Waals surface area contributed by atoms with Gasteiger partial charge in [0, 0.05) is 11.8 Å². The monoisotopic (exact) mass is 486 g/mol. The van der Waals surface area contributed by atoms with Crippen molar-refractivity contribution in [1.82, 2.24) is 31.0 Å². The molecule has 3 heterocycles. The molecule has 0 spiro atoms. The van der Waals surface area contributed by atoms with Crippen LogP contribution in [-0.4, -0.2) is 32.0 Å². The summed E-state index contributed by atoms with van der Waals surface area (Å²) >= 11 is 1.07. The van der Waals surface area contributed by atoms with Crippen molar-refractivity contribution >= 4 is 44.1 Å². The molecule has 0 saturated heterocycles. The Morgan fingerprint density at radius 1 is 0.914 bits per heavy atom. The minimum absolute atomic E-state index is 0.0442. The van der Waals surface area contributed by atoms with Crippen molar-refractivity contribution in [2.75, 3.05) is 0 Å². The van der Waals surface area contributed by atoms with Gasteiger partial charge in [0.25, 0.3) is 22.9 Å². The van der Waals surface area contributed by atoms with E-state index >= 15 is 0 Å². The summed E-state index contributed by atoms with van der Waals surface area (Å²) in [4.78, 5) is 58.2. The summed E-state index contributed by atoms with van der Waals surface area (Å²) in [7, 11) is 0. The molecule has 10 nitrogen and oxygen atoms in total. The number of fused-ring (bicyclic) bond motifs is 2. The Morgan fingerprint density at radius 3 is 2.37 bits per heavy atom. The molecule has 0 saturated carbocycles. The summed E-state index contributed by atoms with van der Waals surface area (Å²) < 4.78 is 0. The maximum atomic E-state index is 12.8. The largest absolute Gasteiger partial charge is 0.310 e. The van der Waals surface area contributed by atoms with Crippen LogP contribution in [0.2, 0.25) is 0 Å². The number of nitrogens with zero attached hydrogens (tertiary/aromatic N) is 2. The molecule has 2 amide bonds. The fraction of sp³-hybridized carbons (Fsp3) is 0.0833. The number of thiophene rings is 1. The molecule has 2 aromatic carbocycles. The van der Waals surface area contributed by atoms with Crippen molar-refractivity contribution in [2.24, 2.45) is 0 Å². The SMILES string of the molecule is Cc1c(C(=O)NNC(=O)c2n[nH]c(=O)c3ccccc23)sc2nc(Cc3ccccc3)[nH]c(=O)c12. The van der Waals surface area contributed by atoms with E-state index < -0.39 is 17.4 Å². The van der Waals surface area contributed by atoms with Gasteiger partial charge >= 0.3 is 0 Å². The number of benzene rings is 2. The smallest absolute Gasteiger partial charge is 0.290 e. The van der Waals surface area contributed by atoms with Crippen molar-refractivity contribution in [3.63, 3.8) is 0 Å². The van der Waals surface area contributed by atoms with E-state index in [9.17, 15) is 19.2 Å². The van der Waals surface area contributed by atoms with Crippen LogP contribution < -0.4 is 22.0 Å². The summed E-state index contributed by atoms with van der Waals surface area (Å²) in [5, 5.41) is 7.07. The van der Waals surface area contributed by atoms with Gasteiger partial charge < -0.3 is 4.98 Å². The van der Waals surface area contributed by atoms with E-state index in [2.05, 4.69) is 31.0 Å². The first-order valence-corrected chi connectivity index (χ1v) is 11.4. The van der Waals surface area contributed by atoms with Gasteiger partial charge in [0.05, 0.1) is 15.6 Å². The molecule has 35 heavy (non-hydrogen) atoms. The third-order valence-corrected chi connectivity index (χ3v) is 6.66. The first-order chi connectivity index (χ1) is 16.9. The van der Waals surface area contributed by atoms with Gasteiger partial charge in [0.15, 0.2) is 5.69 Å². The van der Waals surface area contributed by atoms with Crippen LogP contribution in [0.15, 0.2) is 64.2 Å². The molecular formula is C24H18N6O4S. The van der Waals surface area contributed by atoms with Gasteiger partial charge in [-0.3, -0.25) is 30.0 Å². The molecule has 11 heteroatoms. The number of amides is 2. The Hall–Kier alpha value is -4.64. The standard InChI is InChI=1S/C24H18N6O4S/c1-12-17-21(32)25-16(11-13-7-3-2-4-8-13)26-24(17)35-19(12)23(34)30-29-22(33)18-14-9-5-6-10-15(14)20(31)28-27-18/h2-10H,11H2,1H3,(H,28,31)(H,29,33)(H,30,34)(H,25,26,32). The average molecular weight is 487 g/mol. The first kappa shape index (κ1) is 22.2.